The molecule has 0 aliphatic rings. The third-order valence-electron chi connectivity index (χ3n) is 4.19. The number of carbonyl (C=O) groups excluding carboxylic acids is 1. The topological polar surface area (TPSA) is 46.3 Å². The second kappa shape index (κ2) is 7.30. The summed E-state index contributed by atoms with van der Waals surface area (Å²) >= 11 is 0. The summed E-state index contributed by atoms with van der Waals surface area (Å²) < 4.78 is 6.04. The van der Waals surface area contributed by atoms with Gasteiger partial charge >= 0.3 is 0 Å². The summed E-state index contributed by atoms with van der Waals surface area (Å²) in [5.74, 6) is 0.957. The second-order valence-electron chi connectivity index (χ2n) is 6.01. The van der Waals surface area contributed by atoms with Crippen LogP contribution in [0.25, 0.3) is 11.0 Å². The molecule has 0 N–H and O–H groups in total. The van der Waals surface area contributed by atoms with Crippen LogP contribution in [-0.4, -0.2) is 22.8 Å². The minimum atomic E-state index is -0.0326. The Morgan fingerprint density at radius 1 is 1.21 bits per heavy atom. The Labute approximate surface area is 142 Å². The van der Waals surface area contributed by atoms with Crippen LogP contribution in [0, 0.1) is 0 Å². The molecule has 3 rings (SSSR count). The Hall–Kier alpha value is -2.62. The molecule has 124 valence electrons. The minimum absolute atomic E-state index is 0.0326. The molecule has 0 fully saturated rings. The summed E-state index contributed by atoms with van der Waals surface area (Å²) in [4.78, 5) is 18.3. The number of rotatable bonds is 6. The van der Waals surface area contributed by atoms with E-state index in [1.54, 1.807) is 29.4 Å². The molecule has 3 aromatic rings. The molecule has 0 atom stereocenters. The van der Waals surface area contributed by atoms with Gasteiger partial charge in [0.15, 0.2) is 0 Å². The molecule has 1 amide bonds. The normalized spacial score (nSPS) is 10.9. The van der Waals surface area contributed by atoms with Crippen LogP contribution < -0.4 is 0 Å². The van der Waals surface area contributed by atoms with Crippen LogP contribution in [0.3, 0.4) is 0 Å². The summed E-state index contributed by atoms with van der Waals surface area (Å²) in [6, 6.07) is 11.6. The molecule has 0 bridgehead atoms. The Kier molecular flexibility index (Phi) is 4.94. The zero-order valence-corrected chi connectivity index (χ0v) is 14.2. The quantitative estimate of drug-likeness (QED) is 0.674. The van der Waals surface area contributed by atoms with E-state index in [1.807, 2.05) is 25.2 Å². The zero-order valence-electron chi connectivity index (χ0n) is 14.2. The third-order valence-corrected chi connectivity index (χ3v) is 4.19. The Morgan fingerprint density at radius 3 is 2.79 bits per heavy atom. The molecular formula is C20H22N2O2. The van der Waals surface area contributed by atoms with Crippen molar-refractivity contribution in [3.05, 3.63) is 65.7 Å². The third kappa shape index (κ3) is 3.32. The van der Waals surface area contributed by atoms with Gasteiger partial charge in [-0.25, -0.2) is 0 Å². The van der Waals surface area contributed by atoms with Crippen LogP contribution in [0.5, 0.6) is 0 Å². The van der Waals surface area contributed by atoms with E-state index in [9.17, 15) is 4.79 Å². The fraction of sp³-hybridized carbons (Fsp3) is 0.300. The van der Waals surface area contributed by atoms with Crippen molar-refractivity contribution in [2.45, 2.75) is 32.7 Å². The molecule has 4 nitrogen and oxygen atoms in total. The number of para-hydroxylation sites is 1. The average Bonchev–Trinajstić information content (AvgIpc) is 2.97. The Balaban J connectivity index is 1.89. The number of aryl methyl sites for hydroxylation is 1. The molecule has 0 saturated carbocycles. The van der Waals surface area contributed by atoms with E-state index in [2.05, 4.69) is 18.0 Å². The monoisotopic (exact) mass is 322 g/mol. The number of benzene rings is 1. The van der Waals surface area contributed by atoms with Gasteiger partial charge in [-0.3, -0.25) is 9.78 Å². The maximum atomic E-state index is 12.6. The van der Waals surface area contributed by atoms with Gasteiger partial charge in [0.25, 0.3) is 5.91 Å². The maximum absolute atomic E-state index is 12.6. The van der Waals surface area contributed by atoms with Crippen LogP contribution in [0.15, 0.2) is 53.2 Å². The lowest BCUT2D eigenvalue weighted by Gasteiger charge is -2.17. The van der Waals surface area contributed by atoms with Crippen molar-refractivity contribution in [2.24, 2.45) is 0 Å². The number of hydrogen-bond donors (Lipinski definition) is 0. The highest BCUT2D eigenvalue weighted by Crippen LogP contribution is 2.28. The first-order valence-electron chi connectivity index (χ1n) is 8.35. The molecular weight excluding hydrogens is 300 g/mol. The highest BCUT2D eigenvalue weighted by Gasteiger charge is 2.18. The van der Waals surface area contributed by atoms with Gasteiger partial charge in [0.1, 0.15) is 11.3 Å². The summed E-state index contributed by atoms with van der Waals surface area (Å²) in [5.41, 5.74) is 2.60. The van der Waals surface area contributed by atoms with Gasteiger partial charge in [-0.2, -0.15) is 0 Å². The van der Waals surface area contributed by atoms with Gasteiger partial charge in [0.2, 0.25) is 0 Å². The largest absolute Gasteiger partial charge is 0.461 e. The fourth-order valence-electron chi connectivity index (χ4n) is 2.88. The van der Waals surface area contributed by atoms with Crippen molar-refractivity contribution in [1.29, 1.82) is 0 Å². The predicted octanol–water partition coefficient (Wildman–Crippen LogP) is 4.44. The molecule has 0 radical (unpaired) electrons. The van der Waals surface area contributed by atoms with Crippen LogP contribution in [-0.2, 0) is 13.0 Å². The first kappa shape index (κ1) is 16.2. The molecule has 0 aliphatic heterocycles. The first-order valence-corrected chi connectivity index (χ1v) is 8.35. The van der Waals surface area contributed by atoms with Gasteiger partial charge in [-0.05, 0) is 24.6 Å². The standard InChI is InChI=1S/C20H22N2O2/c1-3-4-10-19-17(16-9-5-6-11-18(16)24-19)14-22(2)20(23)15-8-7-12-21-13-15/h5-9,11-13H,3-4,10,14H2,1-2H3. The van der Waals surface area contributed by atoms with Crippen molar-refractivity contribution in [3.63, 3.8) is 0 Å². The van der Waals surface area contributed by atoms with Gasteiger partial charge in [-0.1, -0.05) is 31.5 Å². The van der Waals surface area contributed by atoms with Gasteiger partial charge in [-0.15, -0.1) is 0 Å². The molecule has 24 heavy (non-hydrogen) atoms. The van der Waals surface area contributed by atoms with E-state index < -0.39 is 0 Å². The molecule has 2 heterocycles. The molecule has 2 aromatic heterocycles. The number of pyridine rings is 1. The van der Waals surface area contributed by atoms with Crippen LogP contribution >= 0.6 is 0 Å². The van der Waals surface area contributed by atoms with Crippen LogP contribution in [0.2, 0.25) is 0 Å². The lowest BCUT2D eigenvalue weighted by molar-refractivity contribution is 0.0784. The van der Waals surface area contributed by atoms with Gasteiger partial charge < -0.3 is 9.32 Å². The second-order valence-corrected chi connectivity index (χ2v) is 6.01. The maximum Gasteiger partial charge on any atom is 0.255 e. The van der Waals surface area contributed by atoms with E-state index in [1.165, 1.54) is 0 Å². The lowest BCUT2D eigenvalue weighted by atomic mass is 10.1. The summed E-state index contributed by atoms with van der Waals surface area (Å²) in [6.45, 7) is 2.70. The smallest absolute Gasteiger partial charge is 0.255 e. The number of unbranched alkanes of at least 4 members (excludes halogenated alkanes) is 1. The van der Waals surface area contributed by atoms with E-state index in [0.717, 1.165) is 41.6 Å². The summed E-state index contributed by atoms with van der Waals surface area (Å²) in [6.07, 6.45) is 6.36. The average molecular weight is 322 g/mol. The fourth-order valence-corrected chi connectivity index (χ4v) is 2.88. The van der Waals surface area contributed by atoms with E-state index in [4.69, 9.17) is 4.42 Å². The van der Waals surface area contributed by atoms with E-state index >= 15 is 0 Å². The molecule has 0 unspecified atom stereocenters. The SMILES string of the molecule is CCCCc1oc2ccccc2c1CN(C)C(=O)c1cccnc1. The van der Waals surface area contributed by atoms with E-state index in [-0.39, 0.29) is 5.91 Å². The summed E-state index contributed by atoms with van der Waals surface area (Å²) in [7, 11) is 1.82. The van der Waals surface area contributed by atoms with E-state index in [0.29, 0.717) is 12.1 Å². The van der Waals surface area contributed by atoms with Crippen LogP contribution in [0.1, 0.15) is 41.4 Å². The Morgan fingerprint density at radius 2 is 2.04 bits per heavy atom. The van der Waals surface area contributed by atoms with Gasteiger partial charge in [0.05, 0.1) is 5.56 Å². The summed E-state index contributed by atoms with van der Waals surface area (Å²) in [5, 5.41) is 1.09. The lowest BCUT2D eigenvalue weighted by Crippen LogP contribution is -2.26. The molecule has 0 spiro atoms. The van der Waals surface area contributed by atoms with Crippen molar-refractivity contribution in [1.82, 2.24) is 9.88 Å². The minimum Gasteiger partial charge on any atom is -0.461 e. The number of fused-ring (bicyclic) bond motifs is 1. The number of hydrogen-bond acceptors (Lipinski definition) is 3. The first-order chi connectivity index (χ1) is 11.7. The highest BCUT2D eigenvalue weighted by molar-refractivity contribution is 5.94. The van der Waals surface area contributed by atoms with Crippen molar-refractivity contribution < 1.29 is 9.21 Å². The van der Waals surface area contributed by atoms with Crippen molar-refractivity contribution in [2.75, 3.05) is 7.05 Å². The number of carbonyl (C=O) groups is 1. The number of aromatic nitrogens is 1. The zero-order chi connectivity index (χ0) is 16.9. The highest BCUT2D eigenvalue weighted by atomic mass is 16.3. The number of nitrogens with zero attached hydrogens (tertiary/aromatic N) is 2. The van der Waals surface area contributed by atoms with Gasteiger partial charge in [0, 0.05) is 43.4 Å². The Bertz CT molecular complexity index is 824. The predicted molar refractivity (Wildman–Crippen MR) is 94.9 cm³/mol. The van der Waals surface area contributed by atoms with Crippen molar-refractivity contribution in [3.8, 4) is 0 Å². The number of furan rings is 1. The molecule has 0 aliphatic carbocycles. The van der Waals surface area contributed by atoms with Crippen molar-refractivity contribution >= 4 is 16.9 Å². The van der Waals surface area contributed by atoms with Crippen LogP contribution in [0.4, 0.5) is 0 Å². The molecule has 4 heteroatoms. The molecule has 0 saturated heterocycles. The number of amides is 1. The molecule has 1 aromatic carbocycles.